The lowest BCUT2D eigenvalue weighted by molar-refractivity contribution is 0.373. The summed E-state index contributed by atoms with van der Waals surface area (Å²) >= 11 is 0. The molecule has 19 heavy (non-hydrogen) atoms. The molecule has 0 saturated heterocycles. The molecule has 2 aromatic carbocycles. The van der Waals surface area contributed by atoms with E-state index in [1.54, 1.807) is 6.07 Å². The topological polar surface area (TPSA) is 55.5 Å². The molecule has 0 aromatic heterocycles. The van der Waals surface area contributed by atoms with Crippen molar-refractivity contribution in [2.75, 3.05) is 7.11 Å². The van der Waals surface area contributed by atoms with E-state index in [2.05, 4.69) is 0 Å². The van der Waals surface area contributed by atoms with Crippen LogP contribution in [0.2, 0.25) is 0 Å². The van der Waals surface area contributed by atoms with Crippen molar-refractivity contribution in [3.05, 3.63) is 59.7 Å². The first kappa shape index (κ1) is 15.3. The minimum atomic E-state index is -0.0551. The Kier molecular flexibility index (Phi) is 5.67. The van der Waals surface area contributed by atoms with Gasteiger partial charge >= 0.3 is 0 Å². The van der Waals surface area contributed by atoms with Crippen LogP contribution in [0.25, 0.3) is 0 Å². The van der Waals surface area contributed by atoms with Gasteiger partial charge in [-0.3, -0.25) is 0 Å². The van der Waals surface area contributed by atoms with Crippen LogP contribution < -0.4 is 10.5 Å². The second-order valence-corrected chi connectivity index (χ2v) is 4.23. The van der Waals surface area contributed by atoms with Crippen LogP contribution >= 0.6 is 12.4 Å². The number of benzene rings is 2. The van der Waals surface area contributed by atoms with Crippen molar-refractivity contribution in [3.63, 3.8) is 0 Å². The quantitative estimate of drug-likeness (QED) is 0.904. The maximum atomic E-state index is 9.53. The van der Waals surface area contributed by atoms with Gasteiger partial charge in [0.05, 0.1) is 7.11 Å². The van der Waals surface area contributed by atoms with Crippen LogP contribution in [0, 0.1) is 0 Å². The van der Waals surface area contributed by atoms with E-state index in [9.17, 15) is 5.11 Å². The summed E-state index contributed by atoms with van der Waals surface area (Å²) in [5.74, 6) is 0.627. The first-order valence-electron chi connectivity index (χ1n) is 5.87. The van der Waals surface area contributed by atoms with E-state index in [0.29, 0.717) is 12.2 Å². The highest BCUT2D eigenvalue weighted by atomic mass is 35.5. The average Bonchev–Trinajstić information content (AvgIpc) is 2.42. The lowest BCUT2D eigenvalue weighted by Gasteiger charge is -2.13. The highest BCUT2D eigenvalue weighted by Gasteiger charge is 2.09. The molecular formula is C15H18ClNO2. The third-order valence-electron chi connectivity index (χ3n) is 2.93. The van der Waals surface area contributed by atoms with Crippen molar-refractivity contribution >= 4 is 12.4 Å². The van der Waals surface area contributed by atoms with Crippen LogP contribution in [0.15, 0.2) is 48.5 Å². The summed E-state index contributed by atoms with van der Waals surface area (Å²) < 4.78 is 5.08. The van der Waals surface area contributed by atoms with Crippen LogP contribution in [0.5, 0.6) is 11.5 Å². The maximum Gasteiger partial charge on any atom is 0.160 e. The number of hydrogen-bond donors (Lipinski definition) is 2. The maximum absolute atomic E-state index is 9.53. The average molecular weight is 280 g/mol. The molecule has 0 amide bonds. The molecule has 2 rings (SSSR count). The second kappa shape index (κ2) is 7.02. The summed E-state index contributed by atoms with van der Waals surface area (Å²) in [5.41, 5.74) is 8.30. The fourth-order valence-electron chi connectivity index (χ4n) is 1.92. The van der Waals surface area contributed by atoms with Gasteiger partial charge in [0.25, 0.3) is 0 Å². The number of halogens is 1. The molecule has 0 radical (unpaired) electrons. The SMILES string of the molecule is COc1cc(CC(N)c2ccccc2)ccc1O.Cl. The molecule has 3 N–H and O–H groups in total. The number of aromatic hydroxyl groups is 1. The molecule has 2 aromatic rings. The zero-order valence-electron chi connectivity index (χ0n) is 10.7. The molecule has 0 spiro atoms. The number of phenols is 1. The Morgan fingerprint density at radius 1 is 1.16 bits per heavy atom. The summed E-state index contributed by atoms with van der Waals surface area (Å²) in [5, 5.41) is 9.53. The monoisotopic (exact) mass is 279 g/mol. The Hall–Kier alpha value is -1.71. The highest BCUT2D eigenvalue weighted by Crippen LogP contribution is 2.28. The van der Waals surface area contributed by atoms with Crippen molar-refractivity contribution in [2.24, 2.45) is 5.73 Å². The van der Waals surface area contributed by atoms with Gasteiger partial charge in [-0.15, -0.1) is 12.4 Å². The van der Waals surface area contributed by atoms with Crippen molar-refractivity contribution in [2.45, 2.75) is 12.5 Å². The van der Waals surface area contributed by atoms with E-state index in [-0.39, 0.29) is 24.2 Å². The van der Waals surface area contributed by atoms with Gasteiger partial charge in [0.1, 0.15) is 0 Å². The molecule has 1 unspecified atom stereocenters. The van der Waals surface area contributed by atoms with Crippen LogP contribution in [-0.2, 0) is 6.42 Å². The van der Waals surface area contributed by atoms with Crippen molar-refractivity contribution in [3.8, 4) is 11.5 Å². The Morgan fingerprint density at radius 3 is 2.47 bits per heavy atom. The molecule has 0 fully saturated rings. The third kappa shape index (κ3) is 3.88. The van der Waals surface area contributed by atoms with Gasteiger partial charge in [-0.05, 0) is 29.7 Å². The van der Waals surface area contributed by atoms with E-state index in [4.69, 9.17) is 10.5 Å². The molecule has 4 heteroatoms. The molecule has 0 bridgehead atoms. The Labute approximate surface area is 119 Å². The second-order valence-electron chi connectivity index (χ2n) is 4.23. The smallest absolute Gasteiger partial charge is 0.160 e. The van der Waals surface area contributed by atoms with E-state index >= 15 is 0 Å². The van der Waals surface area contributed by atoms with E-state index in [0.717, 1.165) is 11.1 Å². The lowest BCUT2D eigenvalue weighted by Crippen LogP contribution is -2.13. The molecule has 3 nitrogen and oxygen atoms in total. The molecule has 102 valence electrons. The fraction of sp³-hybridized carbons (Fsp3) is 0.200. The van der Waals surface area contributed by atoms with Crippen LogP contribution in [0.1, 0.15) is 17.2 Å². The minimum Gasteiger partial charge on any atom is -0.504 e. The van der Waals surface area contributed by atoms with Gasteiger partial charge in [0.2, 0.25) is 0 Å². The third-order valence-corrected chi connectivity index (χ3v) is 2.93. The molecular weight excluding hydrogens is 262 g/mol. The summed E-state index contributed by atoms with van der Waals surface area (Å²) in [6, 6.07) is 15.2. The van der Waals surface area contributed by atoms with Gasteiger partial charge in [-0.1, -0.05) is 36.4 Å². The first-order valence-corrected chi connectivity index (χ1v) is 5.87. The Morgan fingerprint density at radius 2 is 1.84 bits per heavy atom. The Bertz CT molecular complexity index is 517. The van der Waals surface area contributed by atoms with Gasteiger partial charge in [0.15, 0.2) is 11.5 Å². The standard InChI is InChI=1S/C15H17NO2.ClH/c1-18-15-10-11(7-8-14(15)17)9-13(16)12-5-3-2-4-6-12;/h2-8,10,13,17H,9,16H2,1H3;1H. The number of hydrogen-bond acceptors (Lipinski definition) is 3. The van der Waals surface area contributed by atoms with Gasteiger partial charge in [0, 0.05) is 6.04 Å². The predicted molar refractivity (Wildman–Crippen MR) is 79.0 cm³/mol. The molecule has 0 heterocycles. The minimum absolute atomic E-state index is 0. The van der Waals surface area contributed by atoms with E-state index < -0.39 is 0 Å². The largest absolute Gasteiger partial charge is 0.504 e. The highest BCUT2D eigenvalue weighted by molar-refractivity contribution is 5.85. The first-order chi connectivity index (χ1) is 8.70. The molecule has 0 aliphatic heterocycles. The van der Waals surface area contributed by atoms with Crippen molar-refractivity contribution in [1.82, 2.24) is 0 Å². The summed E-state index contributed by atoms with van der Waals surface area (Å²) in [7, 11) is 1.54. The number of ether oxygens (including phenoxy) is 1. The zero-order valence-corrected chi connectivity index (χ0v) is 11.6. The number of nitrogens with two attached hydrogens (primary N) is 1. The molecule has 1 atom stereocenters. The number of phenolic OH excluding ortho intramolecular Hbond substituents is 1. The number of rotatable bonds is 4. The van der Waals surface area contributed by atoms with Gasteiger partial charge < -0.3 is 15.6 Å². The van der Waals surface area contributed by atoms with E-state index in [1.807, 2.05) is 42.5 Å². The Balaban J connectivity index is 0.00000180. The molecule has 0 aliphatic rings. The summed E-state index contributed by atoms with van der Waals surface area (Å²) in [6.45, 7) is 0. The van der Waals surface area contributed by atoms with Gasteiger partial charge in [-0.2, -0.15) is 0 Å². The fourth-order valence-corrected chi connectivity index (χ4v) is 1.92. The molecule has 0 saturated carbocycles. The van der Waals surface area contributed by atoms with Crippen molar-refractivity contribution < 1.29 is 9.84 Å². The molecule has 0 aliphatic carbocycles. The summed E-state index contributed by atoms with van der Waals surface area (Å²) in [6.07, 6.45) is 0.709. The van der Waals surface area contributed by atoms with Crippen LogP contribution in [0.3, 0.4) is 0 Å². The zero-order chi connectivity index (χ0) is 13.0. The lowest BCUT2D eigenvalue weighted by atomic mass is 9.99. The normalized spacial score (nSPS) is 11.5. The van der Waals surface area contributed by atoms with E-state index in [1.165, 1.54) is 7.11 Å². The number of methoxy groups -OCH3 is 1. The summed E-state index contributed by atoms with van der Waals surface area (Å²) in [4.78, 5) is 0. The van der Waals surface area contributed by atoms with Crippen LogP contribution in [-0.4, -0.2) is 12.2 Å². The van der Waals surface area contributed by atoms with Gasteiger partial charge in [-0.25, -0.2) is 0 Å². The van der Waals surface area contributed by atoms with Crippen molar-refractivity contribution in [1.29, 1.82) is 0 Å². The van der Waals surface area contributed by atoms with Crippen LogP contribution in [0.4, 0.5) is 0 Å². The predicted octanol–water partition coefficient (Wildman–Crippen LogP) is 3.07.